The van der Waals surface area contributed by atoms with Crippen molar-refractivity contribution >= 4 is 22.7 Å². The Kier molecular flexibility index (Phi) is 6.22. The second kappa shape index (κ2) is 8.42. The zero-order valence-electron chi connectivity index (χ0n) is 12.0. The second-order valence-electron chi connectivity index (χ2n) is 4.79. The van der Waals surface area contributed by atoms with Crippen LogP contribution < -0.4 is 11.2 Å². The quantitative estimate of drug-likeness (QED) is 0.759. The van der Waals surface area contributed by atoms with Gasteiger partial charge in [-0.3, -0.25) is 9.80 Å². The first-order chi connectivity index (χ1) is 10.3. The summed E-state index contributed by atoms with van der Waals surface area (Å²) in [5.41, 5.74) is 10.8. The van der Waals surface area contributed by atoms with Crippen molar-refractivity contribution in [3.05, 3.63) is 54.2 Å². The van der Waals surface area contributed by atoms with Gasteiger partial charge in [-0.2, -0.15) is 0 Å². The van der Waals surface area contributed by atoms with E-state index in [-0.39, 0.29) is 5.24 Å². The monoisotopic (exact) mass is 303 g/mol. The van der Waals surface area contributed by atoms with Crippen molar-refractivity contribution in [3.8, 4) is 0 Å². The lowest BCUT2D eigenvalue weighted by Gasteiger charge is -2.29. The number of hydrazine groups is 1. The van der Waals surface area contributed by atoms with Crippen LogP contribution in [-0.2, 0) is 0 Å². The van der Waals surface area contributed by atoms with Crippen molar-refractivity contribution in [2.24, 2.45) is 5.73 Å². The highest BCUT2D eigenvalue weighted by atomic mass is 32.2. The van der Waals surface area contributed by atoms with Crippen molar-refractivity contribution in [1.82, 2.24) is 10.4 Å². The summed E-state index contributed by atoms with van der Waals surface area (Å²) in [6.45, 7) is 0.937. The first-order valence-corrected chi connectivity index (χ1v) is 8.14. The van der Waals surface area contributed by atoms with Gasteiger partial charge in [-0.05, 0) is 30.6 Å². The zero-order chi connectivity index (χ0) is 14.9. The van der Waals surface area contributed by atoms with Crippen LogP contribution in [0.5, 0.6) is 0 Å². The summed E-state index contributed by atoms with van der Waals surface area (Å²) in [5.74, 6) is 0.810. The fourth-order valence-corrected chi connectivity index (χ4v) is 2.75. The van der Waals surface area contributed by atoms with E-state index in [2.05, 4.69) is 28.6 Å². The van der Waals surface area contributed by atoms with Crippen LogP contribution in [0.3, 0.4) is 0 Å². The summed E-state index contributed by atoms with van der Waals surface area (Å²) in [7, 11) is 0. The molecule has 1 amide bonds. The summed E-state index contributed by atoms with van der Waals surface area (Å²) in [4.78, 5) is 10.6. The maximum atomic E-state index is 10.6. The minimum Gasteiger partial charge on any atom is -0.361 e. The van der Waals surface area contributed by atoms with Crippen LogP contribution in [0.2, 0.25) is 0 Å². The number of primary amides is 1. The summed E-state index contributed by atoms with van der Waals surface area (Å²) >= 11 is 1.20. The van der Waals surface area contributed by atoms with Gasteiger partial charge in [0.25, 0.3) is 5.24 Å². The van der Waals surface area contributed by atoms with Gasteiger partial charge in [-0.1, -0.05) is 48.5 Å². The summed E-state index contributed by atoms with van der Waals surface area (Å²) < 4.78 is 0. The Morgan fingerprint density at radius 3 is 2.76 bits per heavy atom. The molecule has 1 aliphatic heterocycles. The number of thioether (sulfide) groups is 1. The molecule has 0 unspecified atom stereocenters. The standard InChI is InChI=1S/C16H21N3OS/c17-16(20)21-13-6-2-5-12-19-15(10-7-11-18-19)14-8-3-1-4-9-14/h1,3-4,7-11,18H,2,5-6,12-13H2,(H2,17,20). The van der Waals surface area contributed by atoms with Gasteiger partial charge in [0.2, 0.25) is 0 Å². The lowest BCUT2D eigenvalue weighted by Crippen LogP contribution is -2.35. The molecule has 0 fully saturated rings. The second-order valence-corrected chi connectivity index (χ2v) is 5.89. The van der Waals surface area contributed by atoms with Gasteiger partial charge in [-0.15, -0.1) is 0 Å². The third-order valence-corrected chi connectivity index (χ3v) is 3.99. The minimum absolute atomic E-state index is 0.285. The Balaban J connectivity index is 1.78. The number of nitrogens with two attached hydrogens (primary N) is 1. The van der Waals surface area contributed by atoms with Crippen LogP contribution in [0.25, 0.3) is 5.70 Å². The van der Waals surface area contributed by atoms with Crippen molar-refractivity contribution in [1.29, 1.82) is 0 Å². The molecule has 5 heteroatoms. The molecule has 1 heterocycles. The predicted octanol–water partition coefficient (Wildman–Crippen LogP) is 3.34. The molecule has 0 atom stereocenters. The molecule has 0 radical (unpaired) electrons. The summed E-state index contributed by atoms with van der Waals surface area (Å²) in [6.07, 6.45) is 9.25. The molecule has 21 heavy (non-hydrogen) atoms. The number of amides is 1. The van der Waals surface area contributed by atoms with Crippen LogP contribution in [0.4, 0.5) is 4.79 Å². The van der Waals surface area contributed by atoms with Crippen LogP contribution >= 0.6 is 11.8 Å². The normalized spacial score (nSPS) is 13.7. The number of allylic oxidation sites excluding steroid dienone is 2. The fraction of sp³-hybridized carbons (Fsp3) is 0.312. The Hall–Kier alpha value is -1.88. The molecule has 2 rings (SSSR count). The number of rotatable bonds is 7. The van der Waals surface area contributed by atoms with Crippen molar-refractivity contribution in [3.63, 3.8) is 0 Å². The largest absolute Gasteiger partial charge is 0.361 e. The average molecular weight is 303 g/mol. The number of carbonyl (C=O) groups excluding carboxylic acids is 1. The van der Waals surface area contributed by atoms with E-state index in [9.17, 15) is 4.79 Å². The van der Waals surface area contributed by atoms with Gasteiger partial charge in [0.15, 0.2) is 0 Å². The van der Waals surface area contributed by atoms with E-state index in [1.807, 2.05) is 30.5 Å². The van der Waals surface area contributed by atoms with Crippen molar-refractivity contribution in [2.75, 3.05) is 12.3 Å². The van der Waals surface area contributed by atoms with Crippen LogP contribution in [-0.4, -0.2) is 22.5 Å². The molecule has 0 saturated carbocycles. The molecule has 1 aromatic rings. The number of benzene rings is 1. The maximum absolute atomic E-state index is 10.6. The molecule has 0 bridgehead atoms. The van der Waals surface area contributed by atoms with Gasteiger partial charge in [0.1, 0.15) is 0 Å². The Bertz CT molecular complexity index is 514. The van der Waals surface area contributed by atoms with E-state index in [1.165, 1.54) is 23.0 Å². The van der Waals surface area contributed by atoms with Gasteiger partial charge in [0, 0.05) is 18.5 Å². The highest BCUT2D eigenvalue weighted by molar-refractivity contribution is 8.13. The van der Waals surface area contributed by atoms with Gasteiger partial charge < -0.3 is 11.2 Å². The van der Waals surface area contributed by atoms with Gasteiger partial charge in [0.05, 0.1) is 5.70 Å². The molecule has 1 aromatic carbocycles. The first kappa shape index (κ1) is 15.5. The molecule has 4 nitrogen and oxygen atoms in total. The molecule has 112 valence electrons. The Morgan fingerprint density at radius 2 is 2.00 bits per heavy atom. The molecule has 0 saturated heterocycles. The molecule has 0 aromatic heterocycles. The topological polar surface area (TPSA) is 58.4 Å². The van der Waals surface area contributed by atoms with E-state index >= 15 is 0 Å². The van der Waals surface area contributed by atoms with Gasteiger partial charge in [-0.25, -0.2) is 0 Å². The van der Waals surface area contributed by atoms with Crippen LogP contribution in [0, 0.1) is 0 Å². The lowest BCUT2D eigenvalue weighted by atomic mass is 10.1. The zero-order valence-corrected chi connectivity index (χ0v) is 12.8. The first-order valence-electron chi connectivity index (χ1n) is 7.15. The smallest absolute Gasteiger partial charge is 0.276 e. The van der Waals surface area contributed by atoms with Crippen molar-refractivity contribution in [2.45, 2.75) is 19.3 Å². The number of unbranched alkanes of at least 4 members (excludes halogenated alkanes) is 2. The van der Waals surface area contributed by atoms with Crippen molar-refractivity contribution < 1.29 is 4.79 Å². The highest BCUT2D eigenvalue weighted by Crippen LogP contribution is 2.20. The average Bonchev–Trinajstić information content (AvgIpc) is 2.52. The molecular formula is C16H21N3OS. The Morgan fingerprint density at radius 1 is 1.19 bits per heavy atom. The third kappa shape index (κ3) is 5.19. The van der Waals surface area contributed by atoms with E-state index in [0.717, 1.165) is 31.6 Å². The summed E-state index contributed by atoms with van der Waals surface area (Å²) in [5, 5.41) is 1.88. The third-order valence-electron chi connectivity index (χ3n) is 3.21. The van der Waals surface area contributed by atoms with E-state index in [1.54, 1.807) is 0 Å². The van der Waals surface area contributed by atoms with Crippen LogP contribution in [0.15, 0.2) is 48.7 Å². The summed E-state index contributed by atoms with van der Waals surface area (Å²) in [6, 6.07) is 10.4. The van der Waals surface area contributed by atoms with Gasteiger partial charge >= 0.3 is 0 Å². The molecular weight excluding hydrogens is 282 g/mol. The van der Waals surface area contributed by atoms with E-state index < -0.39 is 0 Å². The highest BCUT2D eigenvalue weighted by Gasteiger charge is 2.11. The Labute approximate surface area is 130 Å². The SMILES string of the molecule is NC(=O)SCCCCCN1NC=CC=C1c1ccccc1. The van der Waals surface area contributed by atoms with Crippen LogP contribution in [0.1, 0.15) is 24.8 Å². The van der Waals surface area contributed by atoms with E-state index in [0.29, 0.717) is 0 Å². The maximum Gasteiger partial charge on any atom is 0.276 e. The molecule has 0 spiro atoms. The number of nitrogens with one attached hydrogen (secondary N) is 1. The number of carbonyl (C=O) groups is 1. The number of hydrogen-bond acceptors (Lipinski definition) is 4. The number of hydrogen-bond donors (Lipinski definition) is 2. The minimum atomic E-state index is -0.285. The number of nitrogens with zero attached hydrogens (tertiary/aromatic N) is 1. The molecule has 1 aliphatic rings. The lowest BCUT2D eigenvalue weighted by molar-refractivity contribution is 0.267. The molecule has 0 aliphatic carbocycles. The van der Waals surface area contributed by atoms with E-state index in [4.69, 9.17) is 5.73 Å². The predicted molar refractivity (Wildman–Crippen MR) is 89.3 cm³/mol. The molecule has 3 N–H and O–H groups in total. The fourth-order valence-electron chi connectivity index (χ4n) is 2.20.